The Morgan fingerprint density at radius 2 is 1.25 bits per heavy atom. The minimum atomic E-state index is 0.659. The summed E-state index contributed by atoms with van der Waals surface area (Å²) >= 11 is 0. The second kappa shape index (κ2) is 8.74. The fraction of sp³-hybridized carbons (Fsp3) is 0.375. The van der Waals surface area contributed by atoms with Crippen molar-refractivity contribution in [3.05, 3.63) is 105 Å². The molecular weight excluding hydrogens is 384 g/mol. The largest absolute Gasteiger partial charge is 0.0661 e. The summed E-state index contributed by atoms with van der Waals surface area (Å²) in [7, 11) is 0. The van der Waals surface area contributed by atoms with Gasteiger partial charge in [0, 0.05) is 0 Å². The van der Waals surface area contributed by atoms with Crippen LogP contribution in [-0.2, 0) is 19.3 Å². The first-order chi connectivity index (χ1) is 15.5. The number of allylic oxidation sites excluding steroid dienone is 8. The Labute approximate surface area is 194 Å². The molecule has 32 heavy (non-hydrogen) atoms. The fourth-order valence-electron chi connectivity index (χ4n) is 5.44. The molecule has 164 valence electrons. The SMILES string of the molecule is CCC1=CC=C(c2ccc3c(c2)CCc2cc(C4=CC=C(C(C)C(C)C)C4)ccc2C3)C1. The Morgan fingerprint density at radius 3 is 1.81 bits per heavy atom. The Kier molecular flexibility index (Phi) is 5.80. The average Bonchev–Trinajstić information content (AvgIpc) is 3.45. The molecule has 3 aliphatic carbocycles. The van der Waals surface area contributed by atoms with Gasteiger partial charge in [0.1, 0.15) is 0 Å². The summed E-state index contributed by atoms with van der Waals surface area (Å²) in [6.07, 6.45) is 16.1. The van der Waals surface area contributed by atoms with E-state index >= 15 is 0 Å². The van der Waals surface area contributed by atoms with Gasteiger partial charge < -0.3 is 0 Å². The number of hydrogen-bond acceptors (Lipinski definition) is 0. The van der Waals surface area contributed by atoms with Crippen LogP contribution in [0.5, 0.6) is 0 Å². The van der Waals surface area contributed by atoms with E-state index in [2.05, 4.69) is 88.4 Å². The van der Waals surface area contributed by atoms with Crippen LogP contribution >= 0.6 is 0 Å². The molecule has 0 aromatic heterocycles. The molecule has 0 heteroatoms. The first-order valence-corrected chi connectivity index (χ1v) is 12.5. The quantitative estimate of drug-likeness (QED) is 0.455. The monoisotopic (exact) mass is 420 g/mol. The topological polar surface area (TPSA) is 0 Å². The van der Waals surface area contributed by atoms with Gasteiger partial charge >= 0.3 is 0 Å². The van der Waals surface area contributed by atoms with Gasteiger partial charge in [0.05, 0.1) is 0 Å². The van der Waals surface area contributed by atoms with Crippen molar-refractivity contribution in [1.29, 1.82) is 0 Å². The van der Waals surface area contributed by atoms with Crippen LogP contribution in [0.2, 0.25) is 0 Å². The molecule has 2 aromatic carbocycles. The molecule has 1 unspecified atom stereocenters. The smallest absolute Gasteiger partial charge is 0.00203 e. The van der Waals surface area contributed by atoms with Gasteiger partial charge in [0.2, 0.25) is 0 Å². The highest BCUT2D eigenvalue weighted by Gasteiger charge is 2.20. The summed E-state index contributed by atoms with van der Waals surface area (Å²) in [5.74, 6) is 1.36. The van der Waals surface area contributed by atoms with Crippen LogP contribution in [0.15, 0.2) is 71.8 Å². The molecule has 2 aromatic rings. The van der Waals surface area contributed by atoms with Crippen LogP contribution < -0.4 is 0 Å². The Morgan fingerprint density at radius 1 is 0.656 bits per heavy atom. The lowest BCUT2D eigenvalue weighted by Crippen LogP contribution is -2.06. The fourth-order valence-corrected chi connectivity index (χ4v) is 5.44. The lowest BCUT2D eigenvalue weighted by molar-refractivity contribution is 0.476. The van der Waals surface area contributed by atoms with E-state index < -0.39 is 0 Å². The molecule has 0 heterocycles. The molecule has 0 aliphatic heterocycles. The van der Waals surface area contributed by atoms with Gasteiger partial charge in [-0.1, -0.05) is 99.5 Å². The van der Waals surface area contributed by atoms with Crippen molar-refractivity contribution in [2.24, 2.45) is 11.8 Å². The maximum atomic E-state index is 2.49. The number of benzene rings is 2. The van der Waals surface area contributed by atoms with Crippen LogP contribution in [0, 0.1) is 11.8 Å². The molecule has 0 amide bonds. The number of aryl methyl sites for hydroxylation is 2. The van der Waals surface area contributed by atoms with E-state index in [1.54, 1.807) is 22.3 Å². The number of hydrogen-bond donors (Lipinski definition) is 0. The van der Waals surface area contributed by atoms with Gasteiger partial charge in [-0.25, -0.2) is 0 Å². The summed E-state index contributed by atoms with van der Waals surface area (Å²) in [5.41, 5.74) is 15.1. The van der Waals surface area contributed by atoms with Crippen LogP contribution in [0.3, 0.4) is 0 Å². The summed E-state index contributed by atoms with van der Waals surface area (Å²) in [6, 6.07) is 14.5. The van der Waals surface area contributed by atoms with Crippen LogP contribution in [0.4, 0.5) is 0 Å². The van der Waals surface area contributed by atoms with E-state index in [0.717, 1.165) is 38.5 Å². The van der Waals surface area contributed by atoms with Crippen molar-refractivity contribution in [2.45, 2.75) is 66.2 Å². The molecule has 0 bridgehead atoms. The van der Waals surface area contributed by atoms with Crippen LogP contribution in [0.1, 0.15) is 80.3 Å². The third-order valence-corrected chi connectivity index (χ3v) is 8.07. The average molecular weight is 421 g/mol. The lowest BCUT2D eigenvalue weighted by atomic mass is 9.87. The Bertz CT molecular complexity index is 1160. The molecule has 0 N–H and O–H groups in total. The highest BCUT2D eigenvalue weighted by Crippen LogP contribution is 2.37. The first-order valence-electron chi connectivity index (χ1n) is 12.5. The third-order valence-electron chi connectivity index (χ3n) is 8.07. The first kappa shape index (κ1) is 21.3. The van der Waals surface area contributed by atoms with Crippen molar-refractivity contribution in [1.82, 2.24) is 0 Å². The minimum absolute atomic E-state index is 0.659. The van der Waals surface area contributed by atoms with E-state index in [0.29, 0.717) is 11.8 Å². The zero-order valence-electron chi connectivity index (χ0n) is 20.2. The maximum Gasteiger partial charge on any atom is -0.00203 e. The molecule has 0 nitrogen and oxygen atoms in total. The van der Waals surface area contributed by atoms with Crippen molar-refractivity contribution in [2.75, 3.05) is 0 Å². The highest BCUT2D eigenvalue weighted by atomic mass is 14.3. The minimum Gasteiger partial charge on any atom is -0.0661 e. The maximum absolute atomic E-state index is 2.49. The summed E-state index contributed by atoms with van der Waals surface area (Å²) in [4.78, 5) is 0. The molecule has 3 aliphatic rings. The molecule has 0 fully saturated rings. The predicted octanol–water partition coefficient (Wildman–Crippen LogP) is 8.51. The van der Waals surface area contributed by atoms with Gasteiger partial charge in [0.15, 0.2) is 0 Å². The summed E-state index contributed by atoms with van der Waals surface area (Å²) < 4.78 is 0. The van der Waals surface area contributed by atoms with E-state index in [1.807, 2.05) is 0 Å². The van der Waals surface area contributed by atoms with E-state index in [4.69, 9.17) is 0 Å². The van der Waals surface area contributed by atoms with Crippen LogP contribution in [0.25, 0.3) is 11.1 Å². The molecule has 0 saturated carbocycles. The second-order valence-corrected chi connectivity index (χ2v) is 10.3. The number of fused-ring (bicyclic) bond motifs is 2. The predicted molar refractivity (Wildman–Crippen MR) is 139 cm³/mol. The van der Waals surface area contributed by atoms with Gasteiger partial charge in [-0.15, -0.1) is 0 Å². The zero-order valence-corrected chi connectivity index (χ0v) is 20.2. The lowest BCUT2D eigenvalue weighted by Gasteiger charge is -2.18. The summed E-state index contributed by atoms with van der Waals surface area (Å²) in [6.45, 7) is 9.29. The van der Waals surface area contributed by atoms with Crippen LogP contribution in [-0.4, -0.2) is 0 Å². The van der Waals surface area contributed by atoms with Gasteiger partial charge in [0.25, 0.3) is 0 Å². The van der Waals surface area contributed by atoms with Crippen molar-refractivity contribution >= 4 is 11.1 Å². The van der Waals surface area contributed by atoms with Crippen molar-refractivity contribution < 1.29 is 0 Å². The van der Waals surface area contributed by atoms with Gasteiger partial charge in [-0.2, -0.15) is 0 Å². The van der Waals surface area contributed by atoms with Gasteiger partial charge in [-0.05, 0) is 94.9 Å². The normalized spacial score (nSPS) is 18.4. The highest BCUT2D eigenvalue weighted by molar-refractivity contribution is 5.74. The second-order valence-electron chi connectivity index (χ2n) is 10.3. The summed E-state index contributed by atoms with van der Waals surface area (Å²) in [5, 5.41) is 0. The molecule has 0 radical (unpaired) electrons. The molecule has 0 saturated heterocycles. The van der Waals surface area contributed by atoms with Gasteiger partial charge in [-0.3, -0.25) is 0 Å². The Balaban J connectivity index is 1.33. The molecule has 0 spiro atoms. The Hall–Kier alpha value is -2.60. The molecule has 5 rings (SSSR count). The van der Waals surface area contributed by atoms with E-state index in [9.17, 15) is 0 Å². The molecule has 1 atom stereocenters. The van der Waals surface area contributed by atoms with Crippen molar-refractivity contribution in [3.63, 3.8) is 0 Å². The van der Waals surface area contributed by atoms with E-state index in [1.165, 1.54) is 33.4 Å². The van der Waals surface area contributed by atoms with Crippen molar-refractivity contribution in [3.8, 4) is 0 Å². The molecular formula is C32H36. The standard InChI is InChI=1S/C32H36/c1-5-23-6-7-25(16-23)27-10-11-30-20-32-13-12-28(19-31(32)15-14-29(30)18-27)26-9-8-24(17-26)22(4)21(2)3/h6-13,18-19,21-22H,5,14-17,20H2,1-4H3. The number of rotatable bonds is 5. The zero-order chi connectivity index (χ0) is 22.2. The third kappa shape index (κ3) is 4.08. The van der Waals surface area contributed by atoms with E-state index in [-0.39, 0.29) is 0 Å².